The van der Waals surface area contributed by atoms with E-state index in [0.29, 0.717) is 51.7 Å². The Bertz CT molecular complexity index is 1350. The molecule has 10 nitrogen and oxygen atoms in total. The van der Waals surface area contributed by atoms with Gasteiger partial charge in [-0.2, -0.15) is 0 Å². The molecular weight excluding hydrogens is 946 g/mol. The van der Waals surface area contributed by atoms with Gasteiger partial charge in [0.2, 0.25) is 11.6 Å². The Morgan fingerprint density at radius 1 is 0.415 bits per heavy atom. The number of rotatable bonds is 40. The molecule has 65 heavy (non-hydrogen) atoms. The first kappa shape index (κ1) is 62.8. The van der Waals surface area contributed by atoms with Crippen LogP contribution >= 0.6 is 0 Å². The van der Waals surface area contributed by atoms with E-state index in [9.17, 15) is 29.4 Å². The minimum atomic E-state index is -0.983. The molecule has 0 spiro atoms. The molecule has 0 amide bonds. The van der Waals surface area contributed by atoms with Crippen LogP contribution in [-0.2, 0) is 51.3 Å². The largest absolute Gasteiger partial charge is 2.00 e. The molecule has 0 bridgehead atoms. The van der Waals surface area contributed by atoms with Crippen LogP contribution < -0.4 is 10.2 Å². The van der Waals surface area contributed by atoms with E-state index >= 15 is 0 Å². The van der Waals surface area contributed by atoms with E-state index in [-0.39, 0.29) is 73.7 Å². The molecular formula is C54H86BaO10. The normalized spacial score (nSPS) is 12.7. The van der Waals surface area contributed by atoms with Gasteiger partial charge in [0.1, 0.15) is 0 Å². The van der Waals surface area contributed by atoms with Crippen molar-refractivity contribution in [1.82, 2.24) is 0 Å². The number of carbonyl (C=O) groups is 4. The molecule has 0 N–H and O–H groups in total. The molecule has 2 atom stereocenters. The van der Waals surface area contributed by atoms with E-state index in [2.05, 4.69) is 13.8 Å². The monoisotopic (exact) mass is 1030 g/mol. The Morgan fingerprint density at radius 2 is 0.677 bits per heavy atom. The van der Waals surface area contributed by atoms with Gasteiger partial charge in [0.05, 0.1) is 13.2 Å². The van der Waals surface area contributed by atoms with Crippen LogP contribution in [0.3, 0.4) is 0 Å². The Morgan fingerprint density at radius 3 is 0.938 bits per heavy atom. The Labute approximate surface area is 434 Å². The smallest absolute Gasteiger partial charge is 0.550 e. The third-order valence-electron chi connectivity index (χ3n) is 11.5. The molecule has 2 aromatic rings. The fraction of sp³-hybridized carbons (Fsp3) is 0.704. The Hall–Kier alpha value is -2.19. The first-order valence-electron chi connectivity index (χ1n) is 25.1. The molecule has 0 aromatic heterocycles. The van der Waals surface area contributed by atoms with Gasteiger partial charge in [0, 0.05) is 51.5 Å². The van der Waals surface area contributed by atoms with Crippen molar-refractivity contribution >= 4 is 72.8 Å². The minimum Gasteiger partial charge on any atom is -0.550 e. The summed E-state index contributed by atoms with van der Waals surface area (Å²) >= 11 is 0. The van der Waals surface area contributed by atoms with Crippen molar-refractivity contribution in [3.63, 3.8) is 0 Å². The van der Waals surface area contributed by atoms with Crippen LogP contribution in [0.5, 0.6) is 0 Å². The van der Waals surface area contributed by atoms with E-state index in [1.54, 1.807) is 0 Å². The summed E-state index contributed by atoms with van der Waals surface area (Å²) in [6.45, 7) is 8.17. The summed E-state index contributed by atoms with van der Waals surface area (Å²) < 4.78 is 24.2. The van der Waals surface area contributed by atoms with Crippen molar-refractivity contribution in [1.29, 1.82) is 0 Å². The molecule has 0 aliphatic heterocycles. The van der Waals surface area contributed by atoms with Gasteiger partial charge in [-0.3, -0.25) is 9.59 Å². The van der Waals surface area contributed by atoms with Gasteiger partial charge in [0.15, 0.2) is 0 Å². The van der Waals surface area contributed by atoms with Crippen molar-refractivity contribution in [3.05, 3.63) is 71.8 Å². The molecule has 11 heteroatoms. The maximum absolute atomic E-state index is 12.0. The van der Waals surface area contributed by atoms with Crippen LogP contribution in [0.15, 0.2) is 60.7 Å². The van der Waals surface area contributed by atoms with Crippen LogP contribution in [0, 0.1) is 0 Å². The van der Waals surface area contributed by atoms with Crippen molar-refractivity contribution in [2.45, 2.75) is 245 Å². The zero-order valence-corrected chi connectivity index (χ0v) is 45.6. The number of benzene rings is 2. The van der Waals surface area contributed by atoms with Gasteiger partial charge >= 0.3 is 60.8 Å². The Kier molecular flexibility index (Phi) is 40.5. The van der Waals surface area contributed by atoms with Gasteiger partial charge < -0.3 is 38.7 Å². The van der Waals surface area contributed by atoms with Crippen LogP contribution in [-0.4, -0.2) is 84.3 Å². The van der Waals surface area contributed by atoms with Gasteiger partial charge in [-0.05, 0) is 62.5 Å². The summed E-state index contributed by atoms with van der Waals surface area (Å²) in [7, 11) is 0. The van der Waals surface area contributed by atoms with Crippen LogP contribution in [0.1, 0.15) is 231 Å². The molecule has 2 rings (SSSR count). The summed E-state index contributed by atoms with van der Waals surface area (Å²) in [5, 5.41) is 21.1. The molecule has 0 saturated heterocycles. The summed E-state index contributed by atoms with van der Waals surface area (Å²) in [5.74, 6) is -4.37. The van der Waals surface area contributed by atoms with E-state index in [1.807, 2.05) is 60.7 Å². The average molecular weight is 1030 g/mol. The zero-order chi connectivity index (χ0) is 47.0. The molecule has 2 unspecified atom stereocenters. The number of carboxylic acids is 2. The van der Waals surface area contributed by atoms with Gasteiger partial charge in [0.25, 0.3) is 0 Å². The summed E-state index contributed by atoms with van der Waals surface area (Å²) in [6, 6.07) is 19.9. The van der Waals surface area contributed by atoms with E-state index in [0.717, 1.165) is 88.2 Å². The SMILES string of the molecule is CCCCCCCCCC(CCCCCCCC(=O)[O-])(OCc1ccccc1)OC(C)=O.CCCCCCCCCC(CCCCCCCC(=O)[O-])(OCc1ccccc1)OC(C)=O.[Ba+2]. The molecule has 0 radical (unpaired) electrons. The first-order chi connectivity index (χ1) is 30.9. The van der Waals surface area contributed by atoms with Crippen molar-refractivity contribution in [2.75, 3.05) is 0 Å². The van der Waals surface area contributed by atoms with Crippen LogP contribution in [0.25, 0.3) is 0 Å². The second-order valence-electron chi connectivity index (χ2n) is 17.6. The molecule has 2 aromatic carbocycles. The van der Waals surface area contributed by atoms with E-state index in [4.69, 9.17) is 18.9 Å². The summed E-state index contributed by atoms with van der Waals surface area (Å²) in [5.41, 5.74) is 2.12. The minimum absolute atomic E-state index is 0. The third kappa shape index (κ3) is 36.5. The maximum Gasteiger partial charge on any atom is 2.00 e. The number of esters is 2. The fourth-order valence-corrected chi connectivity index (χ4v) is 7.99. The number of carboxylic acid groups (broad SMARTS) is 2. The molecule has 0 heterocycles. The number of ether oxygens (including phenoxy) is 4. The Balaban J connectivity index is 0.00000124. The first-order valence-corrected chi connectivity index (χ1v) is 25.1. The van der Waals surface area contributed by atoms with Gasteiger partial charge in [-0.15, -0.1) is 0 Å². The summed E-state index contributed by atoms with van der Waals surface area (Å²) in [4.78, 5) is 45.0. The quantitative estimate of drug-likeness (QED) is 0.0273. The average Bonchev–Trinajstić information content (AvgIpc) is 3.26. The summed E-state index contributed by atoms with van der Waals surface area (Å²) in [6.07, 6.45) is 28.4. The van der Waals surface area contributed by atoms with Crippen molar-refractivity contribution < 1.29 is 48.3 Å². The second kappa shape index (κ2) is 42.0. The number of hydrogen-bond acceptors (Lipinski definition) is 10. The predicted octanol–water partition coefficient (Wildman–Crippen LogP) is 11.8. The fourth-order valence-electron chi connectivity index (χ4n) is 7.99. The van der Waals surface area contributed by atoms with Crippen molar-refractivity contribution in [3.8, 4) is 0 Å². The van der Waals surface area contributed by atoms with Crippen LogP contribution in [0.2, 0.25) is 0 Å². The van der Waals surface area contributed by atoms with Crippen LogP contribution in [0.4, 0.5) is 0 Å². The molecule has 0 fully saturated rings. The molecule has 364 valence electrons. The van der Waals surface area contributed by atoms with Crippen molar-refractivity contribution in [2.24, 2.45) is 0 Å². The predicted molar refractivity (Wildman–Crippen MR) is 257 cm³/mol. The second-order valence-corrected chi connectivity index (χ2v) is 17.6. The molecule has 0 aliphatic rings. The standard InChI is InChI=1S/2C27H44O5.Ba/c2*1-3-4-5-6-7-10-16-21-27(32-24(2)28,31-23-25-18-13-12-14-19-25)22-17-11-8-9-15-20-26(29)30;/h2*12-14,18-19H,3-11,15-17,20-23H2,1-2H3,(H,29,30);/q;;+2/p-2. The topological polar surface area (TPSA) is 151 Å². The third-order valence-corrected chi connectivity index (χ3v) is 11.5. The number of unbranched alkanes of at least 4 members (excludes halogenated alkanes) is 20. The maximum atomic E-state index is 12.0. The van der Waals surface area contributed by atoms with Gasteiger partial charge in [-0.25, -0.2) is 0 Å². The molecule has 0 saturated carbocycles. The van der Waals surface area contributed by atoms with E-state index < -0.39 is 23.5 Å². The zero-order valence-electron chi connectivity index (χ0n) is 41.2. The van der Waals surface area contributed by atoms with Gasteiger partial charge in [-0.1, -0.05) is 190 Å². The number of hydrogen-bond donors (Lipinski definition) is 0. The molecule has 0 aliphatic carbocycles. The van der Waals surface area contributed by atoms with E-state index in [1.165, 1.54) is 78.1 Å². The number of carbonyl (C=O) groups excluding carboxylic acids is 4. The number of aliphatic carboxylic acids is 2.